The fourth-order valence-electron chi connectivity index (χ4n) is 2.74. The first-order chi connectivity index (χ1) is 13.1. The summed E-state index contributed by atoms with van der Waals surface area (Å²) in [5.41, 5.74) is 10.2. The number of nitrogens with one attached hydrogen (secondary N) is 3. The molecule has 1 amide bonds. The minimum absolute atomic E-state index is 0.0250. The molecular formula is C19H19N5O3. The average molecular weight is 365 g/mol. The fraction of sp³-hybridized carbons (Fsp3) is 0.158. The number of nitro benzene ring substituents is 1. The summed E-state index contributed by atoms with van der Waals surface area (Å²) in [5.74, 6) is -0.278. The van der Waals surface area contributed by atoms with Gasteiger partial charge in [0.2, 0.25) is 0 Å². The number of hydrazone groups is 1. The first-order valence-electron chi connectivity index (χ1n) is 8.43. The SMILES string of the molecule is O=C(N/N=C/C=C/c1ccccc1)C1CC(c2cccc([N+](=O)[O-])c2)NN1. The molecular weight excluding hydrogens is 346 g/mol. The molecule has 27 heavy (non-hydrogen) atoms. The van der Waals surface area contributed by atoms with Gasteiger partial charge in [-0.25, -0.2) is 16.3 Å². The maximum Gasteiger partial charge on any atom is 0.269 e. The van der Waals surface area contributed by atoms with Crippen LogP contribution < -0.4 is 16.3 Å². The number of amides is 1. The van der Waals surface area contributed by atoms with Crippen LogP contribution in [-0.2, 0) is 4.79 Å². The van der Waals surface area contributed by atoms with Crippen molar-refractivity contribution in [1.82, 2.24) is 16.3 Å². The summed E-state index contributed by atoms with van der Waals surface area (Å²) in [7, 11) is 0. The molecule has 0 saturated carbocycles. The molecule has 8 heteroatoms. The predicted molar refractivity (Wildman–Crippen MR) is 103 cm³/mol. The van der Waals surface area contributed by atoms with E-state index in [0.717, 1.165) is 11.1 Å². The Morgan fingerprint density at radius 1 is 1.19 bits per heavy atom. The van der Waals surface area contributed by atoms with Crippen molar-refractivity contribution in [2.24, 2.45) is 5.10 Å². The highest BCUT2D eigenvalue weighted by atomic mass is 16.6. The predicted octanol–water partition coefficient (Wildman–Crippen LogP) is 2.32. The number of non-ortho nitro benzene ring substituents is 1. The lowest BCUT2D eigenvalue weighted by molar-refractivity contribution is -0.384. The monoisotopic (exact) mass is 365 g/mol. The Labute approximate surface area is 156 Å². The van der Waals surface area contributed by atoms with E-state index < -0.39 is 11.0 Å². The number of rotatable bonds is 6. The van der Waals surface area contributed by atoms with Gasteiger partial charge in [-0.1, -0.05) is 48.5 Å². The van der Waals surface area contributed by atoms with Crippen LogP contribution in [0.25, 0.3) is 6.08 Å². The van der Waals surface area contributed by atoms with Crippen LogP contribution in [0.3, 0.4) is 0 Å². The standard InChI is InChI=1S/C19H19N5O3/c25-19(23-20-11-5-8-14-6-2-1-3-7-14)18-13-17(21-22-18)15-9-4-10-16(12-15)24(26)27/h1-12,17-18,21-22H,13H2,(H,23,25)/b8-5+,20-11+. The first-order valence-corrected chi connectivity index (χ1v) is 8.43. The van der Waals surface area contributed by atoms with Crippen LogP contribution in [0.2, 0.25) is 0 Å². The minimum atomic E-state index is -0.482. The van der Waals surface area contributed by atoms with E-state index in [2.05, 4.69) is 21.4 Å². The van der Waals surface area contributed by atoms with Gasteiger partial charge in [0.1, 0.15) is 6.04 Å². The van der Waals surface area contributed by atoms with E-state index in [0.29, 0.717) is 6.42 Å². The zero-order valence-corrected chi connectivity index (χ0v) is 14.4. The number of carbonyl (C=O) groups is 1. The van der Waals surface area contributed by atoms with Gasteiger partial charge >= 0.3 is 0 Å². The van der Waals surface area contributed by atoms with E-state index in [1.807, 2.05) is 36.4 Å². The highest BCUT2D eigenvalue weighted by Crippen LogP contribution is 2.25. The molecule has 1 heterocycles. The van der Waals surface area contributed by atoms with Crippen molar-refractivity contribution < 1.29 is 9.72 Å². The molecule has 1 aliphatic rings. The minimum Gasteiger partial charge on any atom is -0.271 e. The zero-order valence-electron chi connectivity index (χ0n) is 14.4. The van der Waals surface area contributed by atoms with Crippen LogP contribution in [0.1, 0.15) is 23.6 Å². The van der Waals surface area contributed by atoms with Crippen molar-refractivity contribution in [3.8, 4) is 0 Å². The Balaban J connectivity index is 1.50. The topological polar surface area (TPSA) is 109 Å². The zero-order chi connectivity index (χ0) is 19.1. The van der Waals surface area contributed by atoms with Crippen LogP contribution >= 0.6 is 0 Å². The molecule has 0 spiro atoms. The van der Waals surface area contributed by atoms with E-state index in [1.165, 1.54) is 18.3 Å². The molecule has 2 unspecified atom stereocenters. The van der Waals surface area contributed by atoms with E-state index in [4.69, 9.17) is 0 Å². The number of carbonyl (C=O) groups excluding carboxylic acids is 1. The fourth-order valence-corrected chi connectivity index (χ4v) is 2.74. The number of nitro groups is 1. The normalized spacial score (nSPS) is 19.6. The maximum absolute atomic E-state index is 12.2. The Kier molecular flexibility index (Phi) is 6.03. The maximum atomic E-state index is 12.2. The van der Waals surface area contributed by atoms with Crippen molar-refractivity contribution in [2.45, 2.75) is 18.5 Å². The van der Waals surface area contributed by atoms with Gasteiger partial charge in [0, 0.05) is 24.4 Å². The van der Waals surface area contributed by atoms with Gasteiger partial charge in [0.15, 0.2) is 0 Å². The molecule has 138 valence electrons. The molecule has 0 aliphatic carbocycles. The van der Waals surface area contributed by atoms with E-state index in [1.54, 1.807) is 18.2 Å². The second-order valence-electron chi connectivity index (χ2n) is 6.01. The second kappa shape index (κ2) is 8.84. The van der Waals surface area contributed by atoms with E-state index in [-0.39, 0.29) is 17.6 Å². The Hall–Kier alpha value is -3.36. The molecule has 1 fully saturated rings. The molecule has 0 bridgehead atoms. The molecule has 0 aromatic heterocycles. The third-order valence-electron chi connectivity index (χ3n) is 4.13. The summed E-state index contributed by atoms with van der Waals surface area (Å²) in [6.07, 6.45) is 5.58. The second-order valence-corrected chi connectivity index (χ2v) is 6.01. The van der Waals surface area contributed by atoms with Crippen molar-refractivity contribution in [2.75, 3.05) is 0 Å². The van der Waals surface area contributed by atoms with Crippen LogP contribution in [0, 0.1) is 10.1 Å². The van der Waals surface area contributed by atoms with Crippen molar-refractivity contribution >= 4 is 23.9 Å². The third-order valence-corrected chi connectivity index (χ3v) is 4.13. The molecule has 3 N–H and O–H groups in total. The number of hydrogen-bond donors (Lipinski definition) is 3. The summed E-state index contributed by atoms with van der Waals surface area (Å²) in [6, 6.07) is 15.4. The Bertz CT molecular complexity index is 867. The number of nitrogens with zero attached hydrogens (tertiary/aromatic N) is 2. The highest BCUT2D eigenvalue weighted by molar-refractivity contribution is 5.84. The van der Waals surface area contributed by atoms with E-state index in [9.17, 15) is 14.9 Å². The highest BCUT2D eigenvalue weighted by Gasteiger charge is 2.30. The van der Waals surface area contributed by atoms with Crippen LogP contribution in [0.5, 0.6) is 0 Å². The van der Waals surface area contributed by atoms with Gasteiger partial charge in [-0.15, -0.1) is 0 Å². The first kappa shape index (κ1) is 18.4. The molecule has 1 aliphatic heterocycles. The lowest BCUT2D eigenvalue weighted by Gasteiger charge is -2.09. The lowest BCUT2D eigenvalue weighted by Crippen LogP contribution is -2.41. The molecule has 2 atom stereocenters. The molecule has 0 radical (unpaired) electrons. The molecule has 8 nitrogen and oxygen atoms in total. The van der Waals surface area contributed by atoms with Gasteiger partial charge in [-0.3, -0.25) is 14.9 Å². The quantitative estimate of drug-likeness (QED) is 0.414. The molecule has 2 aromatic carbocycles. The van der Waals surface area contributed by atoms with Crippen LogP contribution in [0.15, 0.2) is 65.8 Å². The Morgan fingerprint density at radius 3 is 2.78 bits per heavy atom. The largest absolute Gasteiger partial charge is 0.271 e. The van der Waals surface area contributed by atoms with Gasteiger partial charge < -0.3 is 0 Å². The lowest BCUT2D eigenvalue weighted by atomic mass is 10.0. The number of hydrazine groups is 1. The van der Waals surface area contributed by atoms with E-state index >= 15 is 0 Å². The summed E-state index contributed by atoms with van der Waals surface area (Å²) >= 11 is 0. The van der Waals surface area contributed by atoms with Crippen molar-refractivity contribution in [3.63, 3.8) is 0 Å². The molecule has 3 rings (SSSR count). The number of benzene rings is 2. The summed E-state index contributed by atoms with van der Waals surface area (Å²) in [4.78, 5) is 22.6. The third kappa shape index (κ3) is 5.06. The Morgan fingerprint density at radius 2 is 2.00 bits per heavy atom. The van der Waals surface area contributed by atoms with Crippen molar-refractivity contribution in [1.29, 1.82) is 0 Å². The summed E-state index contributed by atoms with van der Waals surface area (Å²) < 4.78 is 0. The molecule has 1 saturated heterocycles. The molecule has 2 aromatic rings. The van der Waals surface area contributed by atoms with Gasteiger partial charge in [0.05, 0.1) is 4.92 Å². The smallest absolute Gasteiger partial charge is 0.269 e. The average Bonchev–Trinajstić information content (AvgIpc) is 3.19. The van der Waals surface area contributed by atoms with Gasteiger partial charge in [-0.05, 0) is 23.6 Å². The summed E-state index contributed by atoms with van der Waals surface area (Å²) in [5, 5.41) is 14.8. The number of hydrogen-bond acceptors (Lipinski definition) is 6. The summed E-state index contributed by atoms with van der Waals surface area (Å²) in [6.45, 7) is 0. The van der Waals surface area contributed by atoms with Crippen LogP contribution in [0.4, 0.5) is 5.69 Å². The van der Waals surface area contributed by atoms with Crippen molar-refractivity contribution in [3.05, 3.63) is 81.9 Å². The van der Waals surface area contributed by atoms with Crippen LogP contribution in [-0.4, -0.2) is 23.1 Å². The van der Waals surface area contributed by atoms with Gasteiger partial charge in [0.25, 0.3) is 11.6 Å². The number of allylic oxidation sites excluding steroid dienone is 1. The van der Waals surface area contributed by atoms with Gasteiger partial charge in [-0.2, -0.15) is 5.10 Å².